The third-order valence-corrected chi connectivity index (χ3v) is 5.52. The largest absolute Gasteiger partial charge is 0.494 e. The Labute approximate surface area is 210 Å². The number of nitrogens with one attached hydrogen (secondary N) is 1. The van der Waals surface area contributed by atoms with Gasteiger partial charge in [-0.3, -0.25) is 14.5 Å². The molecule has 3 aromatic carbocycles. The number of anilines is 1. The van der Waals surface area contributed by atoms with Crippen LogP contribution in [0.1, 0.15) is 39.3 Å². The molecule has 186 valence electrons. The molecule has 0 aliphatic heterocycles. The fourth-order valence-corrected chi connectivity index (χ4v) is 4.03. The van der Waals surface area contributed by atoms with Crippen molar-refractivity contribution >= 4 is 28.5 Å². The third kappa shape index (κ3) is 5.71. The molecular weight excluding hydrogens is 454 g/mol. The lowest BCUT2D eigenvalue weighted by molar-refractivity contribution is -0.128. The molecule has 0 aliphatic carbocycles. The molecule has 4 rings (SSSR count). The summed E-state index contributed by atoms with van der Waals surface area (Å²) in [6.45, 7) is 8.11. The second-order valence-corrected chi connectivity index (χ2v) is 9.48. The molecule has 0 bridgehead atoms. The maximum Gasteiger partial charge on any atom is 0.249 e. The van der Waals surface area contributed by atoms with Crippen molar-refractivity contribution in [2.75, 3.05) is 11.5 Å². The molecule has 2 amide bonds. The van der Waals surface area contributed by atoms with Crippen LogP contribution in [0, 0.1) is 0 Å². The summed E-state index contributed by atoms with van der Waals surface area (Å²) in [5.41, 5.74) is 2.23. The van der Waals surface area contributed by atoms with Crippen molar-refractivity contribution in [1.29, 1.82) is 0 Å². The Hall–Kier alpha value is -4.20. The van der Waals surface area contributed by atoms with E-state index in [9.17, 15) is 9.59 Å². The van der Waals surface area contributed by atoms with Gasteiger partial charge in [-0.1, -0.05) is 47.7 Å². The van der Waals surface area contributed by atoms with E-state index in [1.54, 1.807) is 4.68 Å². The van der Waals surface area contributed by atoms with Gasteiger partial charge in [0.05, 0.1) is 12.1 Å². The Balaban J connectivity index is 1.78. The van der Waals surface area contributed by atoms with Gasteiger partial charge in [-0.05, 0) is 69.7 Å². The predicted molar refractivity (Wildman–Crippen MR) is 140 cm³/mol. The molecule has 8 heteroatoms. The van der Waals surface area contributed by atoms with Crippen LogP contribution in [0.15, 0.2) is 78.9 Å². The van der Waals surface area contributed by atoms with Crippen LogP contribution in [0.25, 0.3) is 11.0 Å². The smallest absolute Gasteiger partial charge is 0.249 e. The summed E-state index contributed by atoms with van der Waals surface area (Å²) < 4.78 is 7.15. The molecule has 1 aromatic heterocycles. The monoisotopic (exact) mass is 485 g/mol. The Kier molecular flexibility index (Phi) is 7.33. The van der Waals surface area contributed by atoms with E-state index in [0.29, 0.717) is 29.1 Å². The molecule has 1 N–H and O–H groups in total. The van der Waals surface area contributed by atoms with Crippen LogP contribution in [0.4, 0.5) is 5.69 Å². The maximum atomic E-state index is 13.9. The van der Waals surface area contributed by atoms with Crippen molar-refractivity contribution in [3.05, 3.63) is 84.4 Å². The molecule has 0 radical (unpaired) electrons. The van der Waals surface area contributed by atoms with Gasteiger partial charge in [-0.15, -0.1) is 5.10 Å². The molecule has 4 aromatic rings. The minimum absolute atomic E-state index is 0.0776. The van der Waals surface area contributed by atoms with E-state index in [0.717, 1.165) is 5.52 Å². The highest BCUT2D eigenvalue weighted by molar-refractivity contribution is 6.01. The summed E-state index contributed by atoms with van der Waals surface area (Å²) in [6, 6.07) is 23.0. The highest BCUT2D eigenvalue weighted by Crippen LogP contribution is 2.30. The number of hydrogen-bond acceptors (Lipinski definition) is 5. The van der Waals surface area contributed by atoms with E-state index < -0.39 is 11.6 Å². The van der Waals surface area contributed by atoms with Crippen molar-refractivity contribution in [1.82, 2.24) is 20.3 Å². The van der Waals surface area contributed by atoms with E-state index in [1.807, 2.05) is 107 Å². The molecule has 0 spiro atoms. The first kappa shape index (κ1) is 24.9. The fourth-order valence-electron chi connectivity index (χ4n) is 4.03. The normalized spacial score (nSPS) is 12.2. The summed E-state index contributed by atoms with van der Waals surface area (Å²) in [5, 5.41) is 11.4. The van der Waals surface area contributed by atoms with Gasteiger partial charge >= 0.3 is 0 Å². The predicted octanol–water partition coefficient (Wildman–Crippen LogP) is 4.52. The highest BCUT2D eigenvalue weighted by Gasteiger charge is 2.34. The number of aromatic nitrogens is 3. The van der Waals surface area contributed by atoms with Crippen molar-refractivity contribution in [3.8, 4) is 5.75 Å². The lowest BCUT2D eigenvalue weighted by Crippen LogP contribution is -2.50. The highest BCUT2D eigenvalue weighted by atomic mass is 16.5. The lowest BCUT2D eigenvalue weighted by atomic mass is 10.0. The summed E-state index contributed by atoms with van der Waals surface area (Å²) in [4.78, 5) is 29.2. The molecule has 36 heavy (non-hydrogen) atoms. The van der Waals surface area contributed by atoms with Crippen LogP contribution in [0.5, 0.6) is 5.75 Å². The zero-order chi connectivity index (χ0) is 25.7. The first-order valence-electron chi connectivity index (χ1n) is 12.0. The molecule has 8 nitrogen and oxygen atoms in total. The van der Waals surface area contributed by atoms with Gasteiger partial charge in [0.15, 0.2) is 0 Å². The van der Waals surface area contributed by atoms with Crippen LogP contribution in [0.2, 0.25) is 0 Å². The summed E-state index contributed by atoms with van der Waals surface area (Å²) in [6.07, 6.45) is 0. The van der Waals surface area contributed by atoms with Crippen LogP contribution >= 0.6 is 0 Å². The van der Waals surface area contributed by atoms with Gasteiger partial charge in [0.25, 0.3) is 0 Å². The standard InChI is InChI=1S/C28H31N5O3/c1-5-36-22-17-15-20(16-18-22)26(27(35)29-28(2,3)4)33(21-11-7-6-8-12-21)25(34)19-32-24-14-10-9-13-23(24)30-31-32/h6-18,26H,5,19H2,1-4H3,(H,29,35). The molecular formula is C28H31N5O3. The molecule has 0 saturated heterocycles. The van der Waals surface area contributed by atoms with Gasteiger partial charge in [-0.25, -0.2) is 4.68 Å². The number of carbonyl (C=O) groups excluding carboxylic acids is 2. The van der Waals surface area contributed by atoms with E-state index >= 15 is 0 Å². The minimum Gasteiger partial charge on any atom is -0.494 e. The second kappa shape index (κ2) is 10.6. The maximum absolute atomic E-state index is 13.9. The molecule has 1 heterocycles. The SMILES string of the molecule is CCOc1ccc(C(C(=O)NC(C)(C)C)N(C(=O)Cn2nnc3ccccc32)c2ccccc2)cc1. The van der Waals surface area contributed by atoms with Crippen molar-refractivity contribution in [3.63, 3.8) is 0 Å². The van der Waals surface area contributed by atoms with Crippen molar-refractivity contribution < 1.29 is 14.3 Å². The Morgan fingerprint density at radius 3 is 2.31 bits per heavy atom. The number of hydrogen-bond donors (Lipinski definition) is 1. The van der Waals surface area contributed by atoms with Crippen molar-refractivity contribution in [2.24, 2.45) is 0 Å². The number of benzene rings is 3. The summed E-state index contributed by atoms with van der Waals surface area (Å²) in [7, 11) is 0. The molecule has 0 fully saturated rings. The number of para-hydroxylation sites is 2. The van der Waals surface area contributed by atoms with E-state index in [1.165, 1.54) is 4.90 Å². The quantitative estimate of drug-likeness (QED) is 0.396. The number of amides is 2. The number of carbonyl (C=O) groups is 2. The third-order valence-electron chi connectivity index (χ3n) is 5.52. The Bertz CT molecular complexity index is 1330. The molecule has 0 aliphatic rings. The summed E-state index contributed by atoms with van der Waals surface area (Å²) in [5.74, 6) is 0.120. The van der Waals surface area contributed by atoms with Gasteiger partial charge in [0, 0.05) is 11.2 Å². The summed E-state index contributed by atoms with van der Waals surface area (Å²) >= 11 is 0. The number of ether oxygens (including phenoxy) is 1. The minimum atomic E-state index is -0.912. The number of fused-ring (bicyclic) bond motifs is 1. The van der Waals surface area contributed by atoms with Crippen LogP contribution in [0.3, 0.4) is 0 Å². The second-order valence-electron chi connectivity index (χ2n) is 9.48. The van der Waals surface area contributed by atoms with Gasteiger partial charge in [-0.2, -0.15) is 0 Å². The van der Waals surface area contributed by atoms with E-state index in [2.05, 4.69) is 15.6 Å². The van der Waals surface area contributed by atoms with Crippen LogP contribution in [-0.4, -0.2) is 39.0 Å². The van der Waals surface area contributed by atoms with Gasteiger partial charge in [0.2, 0.25) is 11.8 Å². The Morgan fingerprint density at radius 1 is 0.972 bits per heavy atom. The van der Waals surface area contributed by atoms with Gasteiger partial charge in [0.1, 0.15) is 23.9 Å². The first-order chi connectivity index (χ1) is 17.3. The number of nitrogens with zero attached hydrogens (tertiary/aromatic N) is 4. The van der Waals surface area contributed by atoms with Crippen molar-refractivity contribution in [2.45, 2.75) is 45.8 Å². The Morgan fingerprint density at radius 2 is 1.64 bits per heavy atom. The van der Waals surface area contributed by atoms with E-state index in [4.69, 9.17) is 4.74 Å². The van der Waals surface area contributed by atoms with Crippen LogP contribution < -0.4 is 15.0 Å². The van der Waals surface area contributed by atoms with E-state index in [-0.39, 0.29) is 18.4 Å². The lowest BCUT2D eigenvalue weighted by Gasteiger charge is -2.34. The average Bonchev–Trinajstić information content (AvgIpc) is 3.25. The molecule has 0 saturated carbocycles. The number of rotatable bonds is 8. The topological polar surface area (TPSA) is 89.4 Å². The molecule has 1 unspecified atom stereocenters. The van der Waals surface area contributed by atoms with Crippen LogP contribution in [-0.2, 0) is 16.1 Å². The zero-order valence-corrected chi connectivity index (χ0v) is 21.0. The molecule has 1 atom stereocenters. The average molecular weight is 486 g/mol. The zero-order valence-electron chi connectivity index (χ0n) is 21.0. The first-order valence-corrected chi connectivity index (χ1v) is 12.0. The van der Waals surface area contributed by atoms with Gasteiger partial charge < -0.3 is 10.1 Å². The fraction of sp³-hybridized carbons (Fsp3) is 0.286.